The number of halogens is 2. The Kier molecular flexibility index (Phi) is 5.21. The number of likely N-dealkylation sites (N-methyl/N-ethyl adjacent to an activating group) is 1. The third-order valence-corrected chi connectivity index (χ3v) is 2.90. The standard InChI is InChI=1S/C15H19F2N5/c1-10-8-14(18-6-7-22(2)3)21-15(19-10)20-13-5-4-11(16)9-12(13)17/h4-5,8-9H,6-7H2,1-3H3,(H2,18,19,20,21). The summed E-state index contributed by atoms with van der Waals surface area (Å²) in [6.45, 7) is 3.41. The second kappa shape index (κ2) is 7.13. The fourth-order valence-corrected chi connectivity index (χ4v) is 1.83. The molecule has 2 N–H and O–H groups in total. The lowest BCUT2D eigenvalue weighted by Gasteiger charge is -2.12. The van der Waals surface area contributed by atoms with Crippen LogP contribution in [0.2, 0.25) is 0 Å². The van der Waals surface area contributed by atoms with Gasteiger partial charge in [-0.2, -0.15) is 4.98 Å². The lowest BCUT2D eigenvalue weighted by atomic mass is 10.3. The maximum atomic E-state index is 13.6. The molecule has 0 atom stereocenters. The molecule has 0 fully saturated rings. The van der Waals surface area contributed by atoms with Gasteiger partial charge in [0.2, 0.25) is 5.95 Å². The minimum atomic E-state index is -0.688. The van der Waals surface area contributed by atoms with Gasteiger partial charge in [0.1, 0.15) is 17.5 Å². The van der Waals surface area contributed by atoms with Crippen LogP contribution in [0.3, 0.4) is 0 Å². The van der Waals surface area contributed by atoms with E-state index in [4.69, 9.17) is 0 Å². The van der Waals surface area contributed by atoms with Crippen LogP contribution in [-0.2, 0) is 0 Å². The molecule has 0 radical (unpaired) electrons. The monoisotopic (exact) mass is 307 g/mol. The normalized spacial score (nSPS) is 10.8. The Balaban J connectivity index is 2.12. The van der Waals surface area contributed by atoms with Crippen LogP contribution in [0.4, 0.5) is 26.2 Å². The van der Waals surface area contributed by atoms with E-state index >= 15 is 0 Å². The minimum absolute atomic E-state index is 0.131. The third-order valence-electron chi connectivity index (χ3n) is 2.90. The fraction of sp³-hybridized carbons (Fsp3) is 0.333. The zero-order valence-electron chi connectivity index (χ0n) is 12.8. The SMILES string of the molecule is Cc1cc(NCCN(C)C)nc(Nc2ccc(F)cc2F)n1. The summed E-state index contributed by atoms with van der Waals surface area (Å²) < 4.78 is 26.6. The van der Waals surface area contributed by atoms with Crippen molar-refractivity contribution in [2.75, 3.05) is 37.8 Å². The van der Waals surface area contributed by atoms with Crippen molar-refractivity contribution in [3.8, 4) is 0 Å². The summed E-state index contributed by atoms with van der Waals surface area (Å²) >= 11 is 0. The first kappa shape index (κ1) is 16.1. The molecule has 7 heteroatoms. The number of aryl methyl sites for hydroxylation is 1. The Hall–Kier alpha value is -2.28. The molecule has 118 valence electrons. The van der Waals surface area contributed by atoms with Gasteiger partial charge in [-0.05, 0) is 33.2 Å². The highest BCUT2D eigenvalue weighted by Crippen LogP contribution is 2.19. The van der Waals surface area contributed by atoms with Gasteiger partial charge in [-0.25, -0.2) is 13.8 Å². The molecular formula is C15H19F2N5. The Morgan fingerprint density at radius 3 is 2.59 bits per heavy atom. The fourth-order valence-electron chi connectivity index (χ4n) is 1.83. The van der Waals surface area contributed by atoms with E-state index in [1.165, 1.54) is 12.1 Å². The zero-order valence-corrected chi connectivity index (χ0v) is 12.8. The van der Waals surface area contributed by atoms with Crippen LogP contribution in [-0.4, -0.2) is 42.1 Å². The van der Waals surface area contributed by atoms with Gasteiger partial charge in [-0.15, -0.1) is 0 Å². The molecule has 0 aliphatic carbocycles. The Bertz CT molecular complexity index is 646. The van der Waals surface area contributed by atoms with Crippen molar-refractivity contribution in [2.24, 2.45) is 0 Å². The van der Waals surface area contributed by atoms with E-state index in [2.05, 4.69) is 20.6 Å². The van der Waals surface area contributed by atoms with Crippen LogP contribution in [0, 0.1) is 18.6 Å². The quantitative estimate of drug-likeness (QED) is 0.859. The molecular weight excluding hydrogens is 288 g/mol. The molecule has 0 unspecified atom stereocenters. The highest BCUT2D eigenvalue weighted by atomic mass is 19.1. The van der Waals surface area contributed by atoms with Crippen LogP contribution in [0.1, 0.15) is 5.69 Å². The Morgan fingerprint density at radius 2 is 1.91 bits per heavy atom. The van der Waals surface area contributed by atoms with E-state index in [-0.39, 0.29) is 11.6 Å². The number of benzene rings is 1. The van der Waals surface area contributed by atoms with Gasteiger partial charge in [0, 0.05) is 30.9 Å². The molecule has 0 bridgehead atoms. The van der Waals surface area contributed by atoms with Gasteiger partial charge in [-0.1, -0.05) is 0 Å². The molecule has 0 aliphatic heterocycles. The van der Waals surface area contributed by atoms with Gasteiger partial charge >= 0.3 is 0 Å². The minimum Gasteiger partial charge on any atom is -0.369 e. The molecule has 0 aliphatic rings. The molecule has 0 saturated carbocycles. The first-order valence-corrected chi connectivity index (χ1v) is 6.90. The van der Waals surface area contributed by atoms with Crippen molar-refractivity contribution < 1.29 is 8.78 Å². The number of hydrogen-bond acceptors (Lipinski definition) is 5. The molecule has 1 aromatic heterocycles. The van der Waals surface area contributed by atoms with E-state index in [0.717, 1.165) is 24.8 Å². The van der Waals surface area contributed by atoms with Crippen molar-refractivity contribution in [1.29, 1.82) is 0 Å². The third kappa shape index (κ3) is 4.63. The predicted molar refractivity (Wildman–Crippen MR) is 83.5 cm³/mol. The van der Waals surface area contributed by atoms with Gasteiger partial charge in [0.25, 0.3) is 0 Å². The van der Waals surface area contributed by atoms with Crippen LogP contribution < -0.4 is 10.6 Å². The first-order chi connectivity index (χ1) is 10.4. The van der Waals surface area contributed by atoms with Crippen molar-refractivity contribution in [1.82, 2.24) is 14.9 Å². The summed E-state index contributed by atoms with van der Waals surface area (Å²) in [5.74, 6) is -0.399. The summed E-state index contributed by atoms with van der Waals surface area (Å²) in [5, 5.41) is 5.95. The predicted octanol–water partition coefficient (Wildman–Crippen LogP) is 2.78. The molecule has 22 heavy (non-hydrogen) atoms. The lowest BCUT2D eigenvalue weighted by Crippen LogP contribution is -2.21. The summed E-state index contributed by atoms with van der Waals surface area (Å²) in [4.78, 5) is 10.5. The summed E-state index contributed by atoms with van der Waals surface area (Å²) in [5.41, 5.74) is 0.874. The van der Waals surface area contributed by atoms with Crippen LogP contribution in [0.15, 0.2) is 24.3 Å². The van der Waals surface area contributed by atoms with Crippen LogP contribution in [0.5, 0.6) is 0 Å². The maximum Gasteiger partial charge on any atom is 0.229 e. The van der Waals surface area contributed by atoms with Crippen molar-refractivity contribution in [3.63, 3.8) is 0 Å². The smallest absolute Gasteiger partial charge is 0.229 e. The second-order valence-electron chi connectivity index (χ2n) is 5.20. The number of aromatic nitrogens is 2. The number of hydrogen-bond donors (Lipinski definition) is 2. The molecule has 2 rings (SSSR count). The van der Waals surface area contributed by atoms with Gasteiger partial charge < -0.3 is 15.5 Å². The molecule has 0 amide bonds. The Labute approximate surface area is 128 Å². The number of nitrogens with zero attached hydrogens (tertiary/aromatic N) is 3. The van der Waals surface area contributed by atoms with Crippen molar-refractivity contribution in [3.05, 3.63) is 41.6 Å². The molecule has 1 aromatic carbocycles. The maximum absolute atomic E-state index is 13.6. The van der Waals surface area contributed by atoms with E-state index in [9.17, 15) is 8.78 Å². The van der Waals surface area contributed by atoms with Crippen molar-refractivity contribution in [2.45, 2.75) is 6.92 Å². The highest BCUT2D eigenvalue weighted by molar-refractivity contribution is 5.56. The lowest BCUT2D eigenvalue weighted by molar-refractivity contribution is 0.425. The molecule has 5 nitrogen and oxygen atoms in total. The number of anilines is 3. The van der Waals surface area contributed by atoms with Crippen molar-refractivity contribution >= 4 is 17.5 Å². The average Bonchev–Trinajstić information content (AvgIpc) is 2.41. The van der Waals surface area contributed by atoms with Gasteiger partial charge in [0.05, 0.1) is 5.69 Å². The van der Waals surface area contributed by atoms with E-state index in [1.807, 2.05) is 32.0 Å². The Morgan fingerprint density at radius 1 is 1.14 bits per heavy atom. The van der Waals surface area contributed by atoms with Crippen LogP contribution in [0.25, 0.3) is 0 Å². The topological polar surface area (TPSA) is 53.1 Å². The average molecular weight is 307 g/mol. The molecule has 0 spiro atoms. The number of nitrogens with one attached hydrogen (secondary N) is 2. The van der Waals surface area contributed by atoms with Crippen LogP contribution >= 0.6 is 0 Å². The summed E-state index contributed by atoms with van der Waals surface area (Å²) in [6, 6.07) is 5.11. The molecule has 1 heterocycles. The highest BCUT2D eigenvalue weighted by Gasteiger charge is 2.07. The first-order valence-electron chi connectivity index (χ1n) is 6.90. The second-order valence-corrected chi connectivity index (χ2v) is 5.20. The summed E-state index contributed by atoms with van der Waals surface area (Å²) in [7, 11) is 3.97. The van der Waals surface area contributed by atoms with E-state index < -0.39 is 11.6 Å². The van der Waals surface area contributed by atoms with E-state index in [0.29, 0.717) is 5.82 Å². The molecule has 0 saturated heterocycles. The number of rotatable bonds is 6. The zero-order chi connectivity index (χ0) is 16.1. The van der Waals surface area contributed by atoms with Gasteiger partial charge in [-0.3, -0.25) is 0 Å². The largest absolute Gasteiger partial charge is 0.369 e. The summed E-state index contributed by atoms with van der Waals surface area (Å²) in [6.07, 6.45) is 0. The van der Waals surface area contributed by atoms with Gasteiger partial charge in [0.15, 0.2) is 0 Å². The van der Waals surface area contributed by atoms with E-state index in [1.54, 1.807) is 0 Å². The molecule has 2 aromatic rings.